The molecule has 0 fully saturated rings. The molecule has 2 aromatic heterocycles. The predicted octanol–water partition coefficient (Wildman–Crippen LogP) is 13.7. The molecule has 0 N–H and O–H groups in total. The monoisotopic (exact) mass is 743 g/mol. The van der Waals surface area contributed by atoms with Crippen LogP contribution in [0.4, 0.5) is 0 Å². The third-order valence-corrected chi connectivity index (χ3v) is 12.7. The average molecular weight is 744 g/mol. The van der Waals surface area contributed by atoms with E-state index in [-0.39, 0.29) is 5.41 Å². The van der Waals surface area contributed by atoms with Crippen LogP contribution in [0.25, 0.3) is 78.2 Å². The van der Waals surface area contributed by atoms with Gasteiger partial charge in [0.15, 0.2) is 0 Å². The molecule has 0 saturated heterocycles. The second-order valence-electron chi connectivity index (χ2n) is 16.6. The largest absolute Gasteiger partial charge is 0.248 e. The lowest BCUT2D eigenvalue weighted by molar-refractivity contribution is 0.543. The topological polar surface area (TPSA) is 38.7 Å². The molecule has 2 aliphatic carbocycles. The molecule has 3 nitrogen and oxygen atoms in total. The number of hydrogen-bond acceptors (Lipinski definition) is 3. The van der Waals surface area contributed by atoms with E-state index in [1.54, 1.807) is 0 Å². The van der Waals surface area contributed by atoms with Crippen LogP contribution in [0.15, 0.2) is 176 Å². The van der Waals surface area contributed by atoms with Crippen LogP contribution in [-0.2, 0) is 10.8 Å². The van der Waals surface area contributed by atoms with Crippen LogP contribution in [0.2, 0.25) is 0 Å². The quantitative estimate of drug-likeness (QED) is 0.176. The number of hydrogen-bond donors (Lipinski definition) is 0. The Labute approximate surface area is 339 Å². The van der Waals surface area contributed by atoms with Gasteiger partial charge in [0.1, 0.15) is 5.82 Å². The molecule has 276 valence electrons. The maximum atomic E-state index is 5.57. The first-order valence-electron chi connectivity index (χ1n) is 20.2. The van der Waals surface area contributed by atoms with Crippen molar-refractivity contribution < 1.29 is 0 Å². The van der Waals surface area contributed by atoms with E-state index in [0.717, 1.165) is 50.5 Å². The number of rotatable bonds is 5. The summed E-state index contributed by atoms with van der Waals surface area (Å²) in [6.45, 7) is 7.02. The number of pyridine rings is 1. The highest BCUT2D eigenvalue weighted by atomic mass is 14.9. The van der Waals surface area contributed by atoms with Crippen molar-refractivity contribution in [3.8, 4) is 44.9 Å². The van der Waals surface area contributed by atoms with Gasteiger partial charge in [0, 0.05) is 27.5 Å². The van der Waals surface area contributed by atoms with E-state index in [4.69, 9.17) is 15.0 Å². The lowest BCUT2D eigenvalue weighted by Gasteiger charge is -2.36. The molecule has 11 rings (SSSR count). The van der Waals surface area contributed by atoms with E-state index < -0.39 is 5.41 Å². The Morgan fingerprint density at radius 3 is 1.84 bits per heavy atom. The number of nitrogens with zero attached hydrogens (tertiary/aromatic N) is 3. The van der Waals surface area contributed by atoms with Crippen LogP contribution in [0.3, 0.4) is 0 Å². The Morgan fingerprint density at radius 1 is 0.431 bits per heavy atom. The Hall–Kier alpha value is -6.97. The van der Waals surface area contributed by atoms with Crippen molar-refractivity contribution in [3.05, 3.63) is 210 Å². The molecule has 0 radical (unpaired) electrons. The second-order valence-corrected chi connectivity index (χ2v) is 16.6. The fourth-order valence-electron chi connectivity index (χ4n) is 9.69. The minimum Gasteiger partial charge on any atom is -0.248 e. The molecular formula is C55H41N3. The van der Waals surface area contributed by atoms with Gasteiger partial charge in [0.25, 0.3) is 0 Å². The highest BCUT2D eigenvalue weighted by molar-refractivity contribution is 6.03. The molecule has 58 heavy (non-hydrogen) atoms. The highest BCUT2D eigenvalue weighted by Crippen LogP contribution is 2.52. The first-order chi connectivity index (χ1) is 28.3. The smallest absolute Gasteiger partial charge is 0.140 e. The molecular weight excluding hydrogens is 703 g/mol. The lowest BCUT2D eigenvalue weighted by atomic mass is 9.69. The minimum absolute atomic E-state index is 0.130. The van der Waals surface area contributed by atoms with Crippen LogP contribution < -0.4 is 0 Å². The van der Waals surface area contributed by atoms with Crippen LogP contribution in [0.1, 0.15) is 60.8 Å². The molecule has 0 saturated carbocycles. The zero-order chi connectivity index (χ0) is 39.0. The summed E-state index contributed by atoms with van der Waals surface area (Å²) in [5.41, 5.74) is 16.6. The summed E-state index contributed by atoms with van der Waals surface area (Å²) in [6, 6.07) is 63.2. The Kier molecular flexibility index (Phi) is 7.71. The SMILES string of the molecule is CC1(C)c2ccccc2-c2cc3c(C4=Cc5ccccc5C(C)(c5nc(-c6ccccc6)cc(-c6cccc7ccccc67)n5)C4)cc(-c4ccccc4)nc3cc21. The maximum Gasteiger partial charge on any atom is 0.140 e. The molecule has 1 unspecified atom stereocenters. The third kappa shape index (κ3) is 5.38. The average Bonchev–Trinajstić information content (AvgIpc) is 3.50. The van der Waals surface area contributed by atoms with Crippen LogP contribution in [-0.4, -0.2) is 15.0 Å². The first-order valence-corrected chi connectivity index (χ1v) is 20.2. The summed E-state index contributed by atoms with van der Waals surface area (Å²) in [4.78, 5) is 16.5. The maximum absolute atomic E-state index is 5.57. The second kappa shape index (κ2) is 13.0. The molecule has 3 heteroatoms. The van der Waals surface area contributed by atoms with E-state index in [0.29, 0.717) is 6.42 Å². The summed E-state index contributed by atoms with van der Waals surface area (Å²) in [7, 11) is 0. The van der Waals surface area contributed by atoms with Crippen molar-refractivity contribution in [1.82, 2.24) is 15.0 Å². The van der Waals surface area contributed by atoms with Crippen LogP contribution in [0, 0.1) is 0 Å². The molecule has 9 aromatic rings. The Bertz CT molecular complexity index is 3120. The van der Waals surface area contributed by atoms with E-state index in [1.165, 1.54) is 55.3 Å². The van der Waals surface area contributed by atoms with Gasteiger partial charge in [-0.2, -0.15) is 0 Å². The zero-order valence-corrected chi connectivity index (χ0v) is 32.9. The molecule has 0 spiro atoms. The number of aromatic nitrogens is 3. The van der Waals surface area contributed by atoms with E-state index >= 15 is 0 Å². The van der Waals surface area contributed by atoms with Gasteiger partial charge in [-0.25, -0.2) is 15.0 Å². The highest BCUT2D eigenvalue weighted by Gasteiger charge is 2.40. The predicted molar refractivity (Wildman–Crippen MR) is 241 cm³/mol. The van der Waals surface area contributed by atoms with Gasteiger partial charge in [0.05, 0.1) is 28.0 Å². The van der Waals surface area contributed by atoms with Gasteiger partial charge in [-0.3, -0.25) is 0 Å². The fraction of sp³-hybridized carbons (Fsp3) is 0.109. The normalized spacial score (nSPS) is 16.4. The van der Waals surface area contributed by atoms with Crippen molar-refractivity contribution in [2.75, 3.05) is 0 Å². The molecule has 2 aliphatic rings. The standard InChI is InChI=1S/C55H41N3/c1-54(2)47-28-15-13-25-41(47)44-30-45-43(31-49(36-18-6-4-7-19-36)56-51(45)32-48(44)54)39-29-38-22-11-14-27-46(38)55(3,34-39)53-57-50(37-20-8-5-9-21-37)33-52(58-53)42-26-16-23-35-17-10-12-24-40(35)42/h4-33H,34H2,1-3H3. The molecule has 0 amide bonds. The molecule has 1 atom stereocenters. The summed E-state index contributed by atoms with van der Waals surface area (Å²) in [5, 5.41) is 3.53. The fourth-order valence-corrected chi connectivity index (χ4v) is 9.69. The van der Waals surface area contributed by atoms with Gasteiger partial charge >= 0.3 is 0 Å². The van der Waals surface area contributed by atoms with Crippen molar-refractivity contribution in [3.63, 3.8) is 0 Å². The zero-order valence-electron chi connectivity index (χ0n) is 32.9. The van der Waals surface area contributed by atoms with Crippen LogP contribution >= 0.6 is 0 Å². The molecule has 0 aliphatic heterocycles. The van der Waals surface area contributed by atoms with E-state index in [1.807, 2.05) is 0 Å². The van der Waals surface area contributed by atoms with Gasteiger partial charge in [-0.05, 0) is 92.9 Å². The minimum atomic E-state index is -0.557. The Balaban J connectivity index is 1.15. The number of benzene rings is 7. The third-order valence-electron chi connectivity index (χ3n) is 12.7. The van der Waals surface area contributed by atoms with Crippen molar-refractivity contribution >= 4 is 33.3 Å². The van der Waals surface area contributed by atoms with Gasteiger partial charge in [-0.1, -0.05) is 172 Å². The lowest BCUT2D eigenvalue weighted by Crippen LogP contribution is -2.30. The first kappa shape index (κ1) is 34.3. The number of fused-ring (bicyclic) bond motifs is 6. The van der Waals surface area contributed by atoms with Crippen molar-refractivity contribution in [1.29, 1.82) is 0 Å². The van der Waals surface area contributed by atoms with Gasteiger partial charge < -0.3 is 0 Å². The summed E-state index contributed by atoms with van der Waals surface area (Å²) < 4.78 is 0. The van der Waals surface area contributed by atoms with Gasteiger partial charge in [0.2, 0.25) is 0 Å². The van der Waals surface area contributed by atoms with Crippen LogP contribution in [0.5, 0.6) is 0 Å². The number of allylic oxidation sites excluding steroid dienone is 1. The summed E-state index contributed by atoms with van der Waals surface area (Å²) in [5.74, 6) is 0.813. The summed E-state index contributed by atoms with van der Waals surface area (Å²) >= 11 is 0. The van der Waals surface area contributed by atoms with Crippen molar-refractivity contribution in [2.24, 2.45) is 0 Å². The van der Waals surface area contributed by atoms with Crippen molar-refractivity contribution in [2.45, 2.75) is 38.0 Å². The molecule has 2 heterocycles. The van der Waals surface area contributed by atoms with E-state index in [9.17, 15) is 0 Å². The van der Waals surface area contributed by atoms with Gasteiger partial charge in [-0.15, -0.1) is 0 Å². The summed E-state index contributed by atoms with van der Waals surface area (Å²) in [6.07, 6.45) is 3.11. The molecule has 0 bridgehead atoms. The molecule has 7 aromatic carbocycles. The Morgan fingerprint density at radius 2 is 1.05 bits per heavy atom. The van der Waals surface area contributed by atoms with E-state index in [2.05, 4.69) is 203 Å².